The van der Waals surface area contributed by atoms with E-state index in [2.05, 4.69) is 22.0 Å². The lowest BCUT2D eigenvalue weighted by Gasteiger charge is -2.50. The zero-order valence-electron chi connectivity index (χ0n) is 12.4. The maximum absolute atomic E-state index is 3.88. The van der Waals surface area contributed by atoms with E-state index < -0.39 is 0 Å². The molecule has 2 atom stereocenters. The average molecular weight is 263 g/mol. The highest BCUT2D eigenvalue weighted by atomic mass is 15.3. The normalized spacial score (nSPS) is 48.2. The molecule has 4 aliphatic heterocycles. The Hall–Kier alpha value is -0.120. The first kappa shape index (κ1) is 12.6. The van der Waals surface area contributed by atoms with E-state index in [0.29, 0.717) is 5.54 Å². The summed E-state index contributed by atoms with van der Waals surface area (Å²) >= 11 is 0. The quantitative estimate of drug-likeness (QED) is 0.815. The van der Waals surface area contributed by atoms with E-state index in [1.54, 1.807) is 0 Å². The van der Waals surface area contributed by atoms with Crippen LogP contribution in [-0.4, -0.2) is 60.6 Å². The van der Waals surface area contributed by atoms with Crippen molar-refractivity contribution in [2.45, 2.75) is 50.6 Å². The van der Waals surface area contributed by atoms with E-state index in [0.717, 1.165) is 17.9 Å². The van der Waals surface area contributed by atoms with Crippen LogP contribution in [0.2, 0.25) is 0 Å². The van der Waals surface area contributed by atoms with E-state index in [9.17, 15) is 0 Å². The van der Waals surface area contributed by atoms with Crippen molar-refractivity contribution in [3.05, 3.63) is 0 Å². The molecule has 4 heterocycles. The summed E-state index contributed by atoms with van der Waals surface area (Å²) in [6.07, 6.45) is 7.16. The van der Waals surface area contributed by atoms with E-state index in [1.807, 2.05) is 0 Å². The lowest BCUT2D eigenvalue weighted by molar-refractivity contribution is -0.00237. The van der Waals surface area contributed by atoms with Gasteiger partial charge in [0, 0.05) is 24.7 Å². The second-order valence-electron chi connectivity index (χ2n) is 7.65. The Kier molecular flexibility index (Phi) is 3.13. The van der Waals surface area contributed by atoms with Crippen molar-refractivity contribution in [3.8, 4) is 0 Å². The van der Waals surface area contributed by atoms with Crippen molar-refractivity contribution in [2.24, 2.45) is 11.8 Å². The Balaban J connectivity index is 1.50. The van der Waals surface area contributed by atoms with Gasteiger partial charge in [-0.3, -0.25) is 4.90 Å². The lowest BCUT2D eigenvalue weighted by atomic mass is 9.82. The van der Waals surface area contributed by atoms with Crippen molar-refractivity contribution >= 4 is 0 Å². The van der Waals surface area contributed by atoms with Gasteiger partial charge >= 0.3 is 0 Å². The van der Waals surface area contributed by atoms with Gasteiger partial charge in [-0.15, -0.1) is 0 Å². The average Bonchev–Trinajstić information content (AvgIpc) is 3.27. The van der Waals surface area contributed by atoms with Gasteiger partial charge in [-0.25, -0.2) is 0 Å². The molecule has 19 heavy (non-hydrogen) atoms. The Morgan fingerprint density at radius 1 is 1.05 bits per heavy atom. The number of piperidine rings is 3. The molecule has 4 saturated heterocycles. The van der Waals surface area contributed by atoms with Gasteiger partial charge in [-0.05, 0) is 77.0 Å². The molecular weight excluding hydrogens is 234 g/mol. The number of hydrogen-bond donors (Lipinski definition) is 1. The van der Waals surface area contributed by atoms with E-state index in [4.69, 9.17) is 0 Å². The van der Waals surface area contributed by atoms with Crippen molar-refractivity contribution in [2.75, 3.05) is 39.3 Å². The number of nitrogens with zero attached hydrogens (tertiary/aromatic N) is 2. The van der Waals surface area contributed by atoms with E-state index >= 15 is 0 Å². The summed E-state index contributed by atoms with van der Waals surface area (Å²) in [7, 11) is 0. The van der Waals surface area contributed by atoms with Crippen LogP contribution >= 0.6 is 0 Å². The fourth-order valence-electron chi connectivity index (χ4n) is 4.84. The highest BCUT2D eigenvalue weighted by Crippen LogP contribution is 2.41. The highest BCUT2D eigenvalue weighted by molar-refractivity contribution is 5.03. The molecule has 5 rings (SSSR count). The topological polar surface area (TPSA) is 18.5 Å². The van der Waals surface area contributed by atoms with Gasteiger partial charge in [0.05, 0.1) is 0 Å². The largest absolute Gasteiger partial charge is 0.310 e. The molecule has 3 heteroatoms. The SMILES string of the molecule is CC1(C2CC2)CN(C2CN3CCC2CC3)CCCN1. The van der Waals surface area contributed by atoms with Crippen LogP contribution in [0, 0.1) is 11.8 Å². The molecule has 0 spiro atoms. The molecule has 3 nitrogen and oxygen atoms in total. The second-order valence-corrected chi connectivity index (χ2v) is 7.65. The molecule has 0 aromatic carbocycles. The first-order chi connectivity index (χ1) is 9.24. The number of fused-ring (bicyclic) bond motifs is 3. The van der Waals surface area contributed by atoms with Crippen LogP contribution in [0.5, 0.6) is 0 Å². The molecule has 0 amide bonds. The first-order valence-electron chi connectivity index (χ1n) is 8.46. The second kappa shape index (κ2) is 4.71. The maximum atomic E-state index is 3.88. The molecule has 5 aliphatic rings. The van der Waals surface area contributed by atoms with E-state index in [1.165, 1.54) is 71.4 Å². The number of nitrogens with one attached hydrogen (secondary N) is 1. The summed E-state index contributed by atoms with van der Waals surface area (Å²) in [6, 6.07) is 0.862. The third kappa shape index (κ3) is 2.34. The molecule has 2 bridgehead atoms. The molecule has 0 radical (unpaired) electrons. The van der Waals surface area contributed by atoms with Crippen molar-refractivity contribution in [1.82, 2.24) is 15.1 Å². The Morgan fingerprint density at radius 3 is 2.47 bits per heavy atom. The molecule has 0 aromatic heterocycles. The van der Waals surface area contributed by atoms with Crippen LogP contribution in [0.4, 0.5) is 0 Å². The summed E-state index contributed by atoms with van der Waals surface area (Å²) in [5.74, 6) is 1.95. The van der Waals surface area contributed by atoms with Crippen LogP contribution in [-0.2, 0) is 0 Å². The van der Waals surface area contributed by atoms with Gasteiger partial charge in [-0.1, -0.05) is 0 Å². The van der Waals surface area contributed by atoms with Gasteiger partial charge in [0.2, 0.25) is 0 Å². The Morgan fingerprint density at radius 2 is 1.84 bits per heavy atom. The van der Waals surface area contributed by atoms with Crippen LogP contribution in [0.15, 0.2) is 0 Å². The van der Waals surface area contributed by atoms with E-state index in [-0.39, 0.29) is 0 Å². The molecule has 108 valence electrons. The standard InChI is InChI=1S/C16H29N3/c1-16(14-3-4-14)12-19(8-2-7-17-16)15-11-18-9-5-13(15)6-10-18/h13-15,17H,2-12H2,1H3. The smallest absolute Gasteiger partial charge is 0.0308 e. The summed E-state index contributed by atoms with van der Waals surface area (Å²) in [4.78, 5) is 5.58. The third-order valence-corrected chi connectivity index (χ3v) is 6.25. The minimum absolute atomic E-state index is 0.405. The number of rotatable bonds is 2. The van der Waals surface area contributed by atoms with Gasteiger partial charge in [0.25, 0.3) is 0 Å². The predicted octanol–water partition coefficient (Wildman–Crippen LogP) is 1.54. The summed E-state index contributed by atoms with van der Waals surface area (Å²) in [5, 5.41) is 3.88. The molecular formula is C16H29N3. The molecule has 1 N–H and O–H groups in total. The summed E-state index contributed by atoms with van der Waals surface area (Å²) in [6.45, 7) is 10.4. The van der Waals surface area contributed by atoms with Crippen LogP contribution in [0.1, 0.15) is 39.0 Å². The minimum atomic E-state index is 0.405. The maximum Gasteiger partial charge on any atom is 0.0308 e. The molecule has 1 saturated carbocycles. The first-order valence-corrected chi connectivity index (χ1v) is 8.46. The Labute approximate surface area is 117 Å². The monoisotopic (exact) mass is 263 g/mol. The zero-order valence-corrected chi connectivity index (χ0v) is 12.4. The molecule has 0 aromatic rings. The zero-order chi connectivity index (χ0) is 12.9. The summed E-state index contributed by atoms with van der Waals surface area (Å²) < 4.78 is 0. The van der Waals surface area contributed by atoms with Crippen LogP contribution in [0.3, 0.4) is 0 Å². The Bertz CT molecular complexity index is 333. The van der Waals surface area contributed by atoms with Crippen molar-refractivity contribution in [3.63, 3.8) is 0 Å². The third-order valence-electron chi connectivity index (χ3n) is 6.25. The molecule has 5 fully saturated rings. The van der Waals surface area contributed by atoms with Gasteiger partial charge in [-0.2, -0.15) is 0 Å². The van der Waals surface area contributed by atoms with Crippen LogP contribution < -0.4 is 5.32 Å². The fraction of sp³-hybridized carbons (Fsp3) is 1.00. The summed E-state index contributed by atoms with van der Waals surface area (Å²) in [5.41, 5.74) is 0.405. The van der Waals surface area contributed by atoms with Crippen LogP contribution in [0.25, 0.3) is 0 Å². The fourth-order valence-corrected chi connectivity index (χ4v) is 4.84. The minimum Gasteiger partial charge on any atom is -0.310 e. The molecule has 2 unspecified atom stereocenters. The highest BCUT2D eigenvalue weighted by Gasteiger charge is 2.46. The predicted molar refractivity (Wildman–Crippen MR) is 78.3 cm³/mol. The van der Waals surface area contributed by atoms with Gasteiger partial charge in [0.15, 0.2) is 0 Å². The van der Waals surface area contributed by atoms with Crippen molar-refractivity contribution in [1.29, 1.82) is 0 Å². The lowest BCUT2D eigenvalue weighted by Crippen LogP contribution is -2.60. The van der Waals surface area contributed by atoms with Gasteiger partial charge in [0.1, 0.15) is 0 Å². The molecule has 1 aliphatic carbocycles. The van der Waals surface area contributed by atoms with Crippen molar-refractivity contribution < 1.29 is 0 Å². The van der Waals surface area contributed by atoms with Gasteiger partial charge < -0.3 is 10.2 Å². The number of hydrogen-bond acceptors (Lipinski definition) is 3.